The molecule has 0 aliphatic rings. The molecule has 0 aliphatic heterocycles. The Kier molecular flexibility index (Phi) is 4.26. The van der Waals surface area contributed by atoms with Gasteiger partial charge >= 0.3 is 0 Å². The number of nitrogens with two attached hydrogens (primary N) is 1. The van der Waals surface area contributed by atoms with E-state index in [1.807, 2.05) is 0 Å². The number of methoxy groups -OCH3 is 1. The van der Waals surface area contributed by atoms with Crippen LogP contribution in [-0.2, 0) is 14.8 Å². The van der Waals surface area contributed by atoms with E-state index in [1.54, 1.807) is 12.1 Å². The van der Waals surface area contributed by atoms with Crippen LogP contribution in [0.15, 0.2) is 18.3 Å². The fourth-order valence-corrected chi connectivity index (χ4v) is 1.99. The normalized spacial score (nSPS) is 15.8. The molecule has 0 radical (unpaired) electrons. The number of pyridine rings is 1. The summed E-state index contributed by atoms with van der Waals surface area (Å²) in [6, 6.07) is 3.23. The molecule has 1 rings (SSSR count). The van der Waals surface area contributed by atoms with Gasteiger partial charge in [0, 0.05) is 13.3 Å². The Balaban J connectivity index is 3.03. The molecule has 0 spiro atoms. The molecular weight excluding hydrogens is 252 g/mol. The molecule has 2 atom stereocenters. The van der Waals surface area contributed by atoms with Gasteiger partial charge < -0.3 is 4.74 Å². The summed E-state index contributed by atoms with van der Waals surface area (Å²) < 4.78 is 27.5. The lowest BCUT2D eigenvalue weighted by Gasteiger charge is -2.20. The second kappa shape index (κ2) is 5.09. The highest BCUT2D eigenvalue weighted by molar-refractivity contribution is 7.89. The van der Waals surface area contributed by atoms with Crippen LogP contribution in [0.4, 0.5) is 0 Å². The Labute approximate surface area is 99.6 Å². The standard InChI is InChI=1S/C9H13ClN2O3S/c1-6(16(11,13)14)9(15-2)8-4-3-7(10)5-12-8/h3-6,9H,1-2H3,(H2,11,13,14)/t6-,9-/m0/s1. The minimum atomic E-state index is -3.67. The van der Waals surface area contributed by atoms with Gasteiger partial charge in [-0.25, -0.2) is 13.6 Å². The third-order valence-electron chi connectivity index (χ3n) is 2.24. The van der Waals surface area contributed by atoms with Crippen LogP contribution in [0.25, 0.3) is 0 Å². The molecule has 0 aromatic carbocycles. The summed E-state index contributed by atoms with van der Waals surface area (Å²) in [6.07, 6.45) is 0.728. The summed E-state index contributed by atoms with van der Waals surface area (Å²) in [4.78, 5) is 4.01. The van der Waals surface area contributed by atoms with Gasteiger partial charge in [-0.3, -0.25) is 4.98 Å². The third-order valence-corrected chi connectivity index (χ3v) is 3.75. The van der Waals surface area contributed by atoms with Crippen molar-refractivity contribution in [3.8, 4) is 0 Å². The first-order chi connectivity index (χ1) is 7.36. The molecule has 1 aromatic heterocycles. The van der Waals surface area contributed by atoms with Gasteiger partial charge in [-0.15, -0.1) is 0 Å². The number of nitrogens with zero attached hydrogens (tertiary/aromatic N) is 1. The molecule has 0 bridgehead atoms. The van der Waals surface area contributed by atoms with E-state index in [1.165, 1.54) is 20.2 Å². The van der Waals surface area contributed by atoms with Crippen molar-refractivity contribution in [2.24, 2.45) is 5.14 Å². The number of aromatic nitrogens is 1. The predicted octanol–water partition coefficient (Wildman–Crippen LogP) is 1.10. The predicted molar refractivity (Wildman–Crippen MR) is 61.6 cm³/mol. The zero-order valence-electron chi connectivity index (χ0n) is 8.92. The molecule has 2 N–H and O–H groups in total. The van der Waals surface area contributed by atoms with Crippen molar-refractivity contribution in [3.05, 3.63) is 29.0 Å². The third kappa shape index (κ3) is 3.15. The van der Waals surface area contributed by atoms with Gasteiger partial charge in [-0.1, -0.05) is 11.6 Å². The van der Waals surface area contributed by atoms with E-state index in [0.717, 1.165) is 0 Å². The smallest absolute Gasteiger partial charge is 0.214 e. The maximum absolute atomic E-state index is 11.2. The number of hydrogen-bond acceptors (Lipinski definition) is 4. The van der Waals surface area contributed by atoms with E-state index < -0.39 is 21.4 Å². The first-order valence-corrected chi connectivity index (χ1v) is 6.51. The largest absolute Gasteiger partial charge is 0.374 e. The van der Waals surface area contributed by atoms with Crippen LogP contribution < -0.4 is 5.14 Å². The number of primary sulfonamides is 1. The van der Waals surface area contributed by atoms with Crippen molar-refractivity contribution < 1.29 is 13.2 Å². The van der Waals surface area contributed by atoms with Crippen LogP contribution in [-0.4, -0.2) is 25.8 Å². The minimum absolute atomic E-state index is 0.474. The average Bonchev–Trinajstić information content (AvgIpc) is 2.20. The zero-order chi connectivity index (χ0) is 12.3. The van der Waals surface area contributed by atoms with E-state index in [0.29, 0.717) is 10.7 Å². The van der Waals surface area contributed by atoms with Gasteiger partial charge in [0.1, 0.15) is 11.4 Å². The van der Waals surface area contributed by atoms with Crippen molar-refractivity contribution in [1.29, 1.82) is 0 Å². The summed E-state index contributed by atoms with van der Waals surface area (Å²) in [6.45, 7) is 1.47. The molecule has 1 aromatic rings. The van der Waals surface area contributed by atoms with Gasteiger partial charge in [-0.05, 0) is 19.1 Å². The van der Waals surface area contributed by atoms with Crippen molar-refractivity contribution in [1.82, 2.24) is 4.98 Å². The first kappa shape index (κ1) is 13.4. The number of hydrogen-bond donors (Lipinski definition) is 1. The van der Waals surface area contributed by atoms with E-state index in [-0.39, 0.29) is 0 Å². The van der Waals surface area contributed by atoms with Gasteiger partial charge in [0.2, 0.25) is 10.0 Å². The lowest BCUT2D eigenvalue weighted by Crippen LogP contribution is -2.32. The molecule has 1 heterocycles. The Morgan fingerprint density at radius 2 is 2.12 bits per heavy atom. The fraction of sp³-hybridized carbons (Fsp3) is 0.444. The number of sulfonamides is 1. The Bertz CT molecular complexity index is 446. The molecule has 0 aliphatic carbocycles. The summed E-state index contributed by atoms with van der Waals surface area (Å²) in [5.74, 6) is 0. The summed E-state index contributed by atoms with van der Waals surface area (Å²) in [5, 5.41) is 4.67. The van der Waals surface area contributed by atoms with Crippen LogP contribution in [0.5, 0.6) is 0 Å². The van der Waals surface area contributed by atoms with E-state index in [9.17, 15) is 8.42 Å². The molecule has 90 valence electrons. The Hall–Kier alpha value is -0.690. The molecule has 0 saturated carbocycles. The highest BCUT2D eigenvalue weighted by atomic mass is 35.5. The molecule has 0 saturated heterocycles. The van der Waals surface area contributed by atoms with Crippen molar-refractivity contribution >= 4 is 21.6 Å². The molecule has 16 heavy (non-hydrogen) atoms. The second-order valence-corrected chi connectivity index (χ2v) is 5.71. The van der Waals surface area contributed by atoms with Gasteiger partial charge in [0.05, 0.1) is 10.7 Å². The minimum Gasteiger partial charge on any atom is -0.374 e. The van der Waals surface area contributed by atoms with Crippen LogP contribution in [0, 0.1) is 0 Å². The summed E-state index contributed by atoms with van der Waals surface area (Å²) in [7, 11) is -2.27. The molecule has 5 nitrogen and oxygen atoms in total. The zero-order valence-corrected chi connectivity index (χ0v) is 10.5. The summed E-state index contributed by atoms with van der Waals surface area (Å²) in [5.41, 5.74) is 0.480. The van der Waals surface area contributed by atoms with Crippen LogP contribution in [0.1, 0.15) is 18.7 Å². The van der Waals surface area contributed by atoms with E-state index in [4.69, 9.17) is 21.5 Å². The maximum Gasteiger partial charge on any atom is 0.214 e. The van der Waals surface area contributed by atoms with Crippen LogP contribution >= 0.6 is 11.6 Å². The number of halogens is 1. The van der Waals surface area contributed by atoms with E-state index in [2.05, 4.69) is 4.98 Å². The highest BCUT2D eigenvalue weighted by Crippen LogP contribution is 2.23. The van der Waals surface area contributed by atoms with Gasteiger partial charge in [-0.2, -0.15) is 0 Å². The number of ether oxygens (including phenoxy) is 1. The van der Waals surface area contributed by atoms with Crippen LogP contribution in [0.3, 0.4) is 0 Å². The fourth-order valence-electron chi connectivity index (χ4n) is 1.28. The molecule has 0 amide bonds. The molecule has 7 heteroatoms. The van der Waals surface area contributed by atoms with Crippen molar-refractivity contribution in [2.75, 3.05) is 7.11 Å². The topological polar surface area (TPSA) is 82.3 Å². The SMILES string of the molecule is CO[C@H](c1ccc(Cl)cn1)[C@H](C)S(N)(=O)=O. The second-order valence-electron chi connectivity index (χ2n) is 3.35. The Morgan fingerprint density at radius 1 is 1.50 bits per heavy atom. The van der Waals surface area contributed by atoms with Crippen LogP contribution in [0.2, 0.25) is 5.02 Å². The van der Waals surface area contributed by atoms with E-state index >= 15 is 0 Å². The first-order valence-electron chi connectivity index (χ1n) is 4.52. The molecular formula is C9H13ClN2O3S. The molecule has 0 unspecified atom stereocenters. The average molecular weight is 265 g/mol. The van der Waals surface area contributed by atoms with Crippen molar-refractivity contribution in [3.63, 3.8) is 0 Å². The van der Waals surface area contributed by atoms with Gasteiger partial charge in [0.25, 0.3) is 0 Å². The van der Waals surface area contributed by atoms with Gasteiger partial charge in [0.15, 0.2) is 0 Å². The lowest BCUT2D eigenvalue weighted by atomic mass is 10.2. The quantitative estimate of drug-likeness (QED) is 0.883. The highest BCUT2D eigenvalue weighted by Gasteiger charge is 2.28. The monoisotopic (exact) mass is 264 g/mol. The lowest BCUT2D eigenvalue weighted by molar-refractivity contribution is 0.0988. The molecule has 0 fully saturated rings. The Morgan fingerprint density at radius 3 is 2.50 bits per heavy atom. The van der Waals surface area contributed by atoms with Crippen molar-refractivity contribution in [2.45, 2.75) is 18.3 Å². The number of rotatable bonds is 4. The maximum atomic E-state index is 11.2. The summed E-state index contributed by atoms with van der Waals surface area (Å²) >= 11 is 5.68.